The number of piperazine rings is 1. The van der Waals surface area contributed by atoms with E-state index in [0.717, 1.165) is 63.0 Å². The highest BCUT2D eigenvalue weighted by molar-refractivity contribution is 5.94. The van der Waals surface area contributed by atoms with Crippen molar-refractivity contribution in [2.45, 2.75) is 51.5 Å². The van der Waals surface area contributed by atoms with E-state index in [4.69, 9.17) is 4.74 Å². The zero-order chi connectivity index (χ0) is 16.8. The fraction of sp³-hybridized carbons (Fsp3) is 0.650. The predicted molar refractivity (Wildman–Crippen MR) is 96.6 cm³/mol. The molecule has 1 heterocycles. The van der Waals surface area contributed by atoms with Crippen LogP contribution in [0.2, 0.25) is 0 Å². The van der Waals surface area contributed by atoms with Crippen molar-refractivity contribution in [1.82, 2.24) is 9.80 Å². The van der Waals surface area contributed by atoms with Gasteiger partial charge in [0.15, 0.2) is 0 Å². The molecule has 4 nitrogen and oxygen atoms in total. The van der Waals surface area contributed by atoms with Crippen molar-refractivity contribution < 1.29 is 9.53 Å². The van der Waals surface area contributed by atoms with Gasteiger partial charge in [-0.2, -0.15) is 0 Å². The van der Waals surface area contributed by atoms with Gasteiger partial charge >= 0.3 is 0 Å². The van der Waals surface area contributed by atoms with Crippen LogP contribution in [0.3, 0.4) is 0 Å². The monoisotopic (exact) mass is 330 g/mol. The van der Waals surface area contributed by atoms with Crippen LogP contribution in [0.25, 0.3) is 0 Å². The lowest BCUT2D eigenvalue weighted by molar-refractivity contribution is 0.0573. The topological polar surface area (TPSA) is 32.8 Å². The summed E-state index contributed by atoms with van der Waals surface area (Å²) in [5, 5.41) is 0. The average Bonchev–Trinajstić information content (AvgIpc) is 3.17. The summed E-state index contributed by atoms with van der Waals surface area (Å²) >= 11 is 0. The van der Waals surface area contributed by atoms with Crippen molar-refractivity contribution in [2.24, 2.45) is 0 Å². The highest BCUT2D eigenvalue weighted by Crippen LogP contribution is 2.24. The molecule has 2 fully saturated rings. The summed E-state index contributed by atoms with van der Waals surface area (Å²) in [5.41, 5.74) is 0.771. The van der Waals surface area contributed by atoms with Crippen LogP contribution in [0.15, 0.2) is 24.3 Å². The maximum absolute atomic E-state index is 12.7. The Labute approximate surface area is 145 Å². The third kappa shape index (κ3) is 4.29. The van der Waals surface area contributed by atoms with Crippen LogP contribution >= 0.6 is 0 Å². The van der Waals surface area contributed by atoms with Gasteiger partial charge in [0, 0.05) is 37.8 Å². The molecule has 24 heavy (non-hydrogen) atoms. The van der Waals surface area contributed by atoms with Gasteiger partial charge in [-0.15, -0.1) is 0 Å². The maximum Gasteiger partial charge on any atom is 0.253 e. The smallest absolute Gasteiger partial charge is 0.253 e. The second kappa shape index (κ2) is 8.52. The number of hydrogen-bond acceptors (Lipinski definition) is 3. The van der Waals surface area contributed by atoms with Gasteiger partial charge in [-0.1, -0.05) is 26.2 Å². The minimum absolute atomic E-state index is 0.154. The standard InChI is InChI=1S/C20H30N2O2/c1-2-3-16-24-19-10-8-17(9-11-19)20(23)22-14-12-21(13-15-22)18-6-4-5-7-18/h8-11,18H,2-7,12-16H2,1H3. The molecular weight excluding hydrogens is 300 g/mol. The fourth-order valence-electron chi connectivity index (χ4n) is 3.77. The van der Waals surface area contributed by atoms with E-state index in [2.05, 4.69) is 11.8 Å². The van der Waals surface area contributed by atoms with E-state index in [1.54, 1.807) is 0 Å². The Morgan fingerprint density at radius 2 is 1.75 bits per heavy atom. The molecule has 1 saturated heterocycles. The van der Waals surface area contributed by atoms with E-state index >= 15 is 0 Å². The molecule has 4 heteroatoms. The summed E-state index contributed by atoms with van der Waals surface area (Å²) in [6.45, 7) is 6.64. The van der Waals surface area contributed by atoms with Gasteiger partial charge in [0.2, 0.25) is 0 Å². The second-order valence-corrected chi connectivity index (χ2v) is 6.99. The van der Waals surface area contributed by atoms with Crippen LogP contribution in [0.4, 0.5) is 0 Å². The minimum atomic E-state index is 0.154. The Hall–Kier alpha value is -1.55. The van der Waals surface area contributed by atoms with Crippen molar-refractivity contribution >= 4 is 5.91 Å². The Morgan fingerprint density at radius 1 is 1.08 bits per heavy atom. The molecule has 0 atom stereocenters. The predicted octanol–water partition coefficient (Wildman–Crippen LogP) is 3.57. The molecule has 3 rings (SSSR count). The molecule has 0 radical (unpaired) electrons. The van der Waals surface area contributed by atoms with Crippen LogP contribution in [0.1, 0.15) is 55.8 Å². The van der Waals surface area contributed by atoms with E-state index in [-0.39, 0.29) is 5.91 Å². The molecule has 0 aromatic heterocycles. The van der Waals surface area contributed by atoms with E-state index in [1.807, 2.05) is 29.2 Å². The Morgan fingerprint density at radius 3 is 2.38 bits per heavy atom. The number of amides is 1. The zero-order valence-corrected chi connectivity index (χ0v) is 14.9. The summed E-state index contributed by atoms with van der Waals surface area (Å²) in [7, 11) is 0. The maximum atomic E-state index is 12.7. The van der Waals surface area contributed by atoms with Gasteiger partial charge in [0.1, 0.15) is 5.75 Å². The van der Waals surface area contributed by atoms with Crippen molar-refractivity contribution in [2.75, 3.05) is 32.8 Å². The number of carbonyl (C=O) groups excluding carboxylic acids is 1. The van der Waals surface area contributed by atoms with Gasteiger partial charge < -0.3 is 9.64 Å². The highest BCUT2D eigenvalue weighted by atomic mass is 16.5. The molecule has 1 aromatic carbocycles. The number of nitrogens with zero attached hydrogens (tertiary/aromatic N) is 2. The van der Waals surface area contributed by atoms with Gasteiger partial charge in [-0.05, 0) is 43.5 Å². The van der Waals surface area contributed by atoms with Gasteiger partial charge in [0.05, 0.1) is 6.61 Å². The molecule has 1 amide bonds. The normalized spacial score (nSPS) is 19.6. The molecule has 132 valence electrons. The number of ether oxygens (including phenoxy) is 1. The van der Waals surface area contributed by atoms with Crippen LogP contribution < -0.4 is 4.74 Å². The lowest BCUT2D eigenvalue weighted by Crippen LogP contribution is -2.51. The van der Waals surface area contributed by atoms with E-state index in [0.29, 0.717) is 0 Å². The molecular formula is C20H30N2O2. The first-order valence-corrected chi connectivity index (χ1v) is 9.54. The summed E-state index contributed by atoms with van der Waals surface area (Å²) < 4.78 is 5.67. The number of unbranched alkanes of at least 4 members (excludes halogenated alkanes) is 1. The summed E-state index contributed by atoms with van der Waals surface area (Å²) in [5.74, 6) is 1.01. The summed E-state index contributed by atoms with van der Waals surface area (Å²) in [6.07, 6.45) is 7.61. The van der Waals surface area contributed by atoms with Crippen LogP contribution in [-0.2, 0) is 0 Å². The first kappa shape index (κ1) is 17.3. The number of rotatable bonds is 6. The third-order valence-electron chi connectivity index (χ3n) is 5.31. The lowest BCUT2D eigenvalue weighted by Gasteiger charge is -2.38. The number of carbonyl (C=O) groups is 1. The van der Waals surface area contributed by atoms with E-state index in [9.17, 15) is 4.79 Å². The fourth-order valence-corrected chi connectivity index (χ4v) is 3.77. The molecule has 1 aliphatic carbocycles. The number of hydrogen-bond donors (Lipinski definition) is 0. The molecule has 0 N–H and O–H groups in total. The molecule has 0 unspecified atom stereocenters. The molecule has 1 aromatic rings. The van der Waals surface area contributed by atoms with Gasteiger partial charge in [-0.3, -0.25) is 9.69 Å². The molecule has 0 spiro atoms. The van der Waals surface area contributed by atoms with Crippen molar-refractivity contribution in [3.05, 3.63) is 29.8 Å². The Bertz CT molecular complexity index is 515. The quantitative estimate of drug-likeness (QED) is 0.748. The molecule has 1 aliphatic heterocycles. The third-order valence-corrected chi connectivity index (χ3v) is 5.31. The van der Waals surface area contributed by atoms with Crippen LogP contribution in [0, 0.1) is 0 Å². The first-order chi connectivity index (χ1) is 11.8. The lowest BCUT2D eigenvalue weighted by atomic mass is 10.1. The summed E-state index contributed by atoms with van der Waals surface area (Å²) in [6, 6.07) is 8.39. The molecule has 0 bridgehead atoms. The van der Waals surface area contributed by atoms with Gasteiger partial charge in [-0.25, -0.2) is 0 Å². The van der Waals surface area contributed by atoms with Crippen LogP contribution in [-0.4, -0.2) is 54.5 Å². The second-order valence-electron chi connectivity index (χ2n) is 6.99. The van der Waals surface area contributed by atoms with Gasteiger partial charge in [0.25, 0.3) is 5.91 Å². The van der Waals surface area contributed by atoms with Crippen LogP contribution in [0.5, 0.6) is 5.75 Å². The average molecular weight is 330 g/mol. The van der Waals surface area contributed by atoms with Crippen molar-refractivity contribution in [3.8, 4) is 5.75 Å². The van der Waals surface area contributed by atoms with Crippen molar-refractivity contribution in [3.63, 3.8) is 0 Å². The SMILES string of the molecule is CCCCOc1ccc(C(=O)N2CCN(C3CCCC3)CC2)cc1. The highest BCUT2D eigenvalue weighted by Gasteiger charge is 2.28. The molecule has 2 aliphatic rings. The van der Waals surface area contributed by atoms with E-state index < -0.39 is 0 Å². The zero-order valence-electron chi connectivity index (χ0n) is 14.9. The van der Waals surface area contributed by atoms with E-state index in [1.165, 1.54) is 25.7 Å². The first-order valence-electron chi connectivity index (χ1n) is 9.54. The minimum Gasteiger partial charge on any atom is -0.494 e. The Balaban J connectivity index is 1.49. The molecule has 1 saturated carbocycles. The number of benzene rings is 1. The largest absolute Gasteiger partial charge is 0.494 e. The summed E-state index contributed by atoms with van der Waals surface area (Å²) in [4.78, 5) is 17.2. The van der Waals surface area contributed by atoms with Crippen molar-refractivity contribution in [1.29, 1.82) is 0 Å². The Kier molecular flexibility index (Phi) is 6.13.